The molecular weight excluding hydrogens is 423 g/mol. The van der Waals surface area contributed by atoms with Crippen molar-refractivity contribution in [2.45, 2.75) is 53.2 Å². The monoisotopic (exact) mass is 454 g/mol. The Morgan fingerprint density at radius 1 is 1.35 bits per heavy atom. The highest BCUT2D eigenvalue weighted by Crippen LogP contribution is 2.21. The van der Waals surface area contributed by atoms with Gasteiger partial charge in [-0.3, -0.25) is 4.99 Å². The Morgan fingerprint density at radius 3 is 2.43 bits per heavy atom. The number of aromatic nitrogens is 1. The molecule has 1 aromatic rings. The third kappa shape index (κ3) is 7.80. The number of halogens is 1. The van der Waals surface area contributed by atoms with Gasteiger partial charge in [0.25, 0.3) is 0 Å². The normalized spacial score (nSPS) is 13.7. The maximum Gasteiger partial charge on any atom is 0.191 e. The molecule has 0 saturated heterocycles. The molecule has 23 heavy (non-hydrogen) atoms. The van der Waals surface area contributed by atoms with E-state index in [0.717, 1.165) is 23.2 Å². The van der Waals surface area contributed by atoms with Crippen LogP contribution in [-0.4, -0.2) is 37.7 Å². The summed E-state index contributed by atoms with van der Waals surface area (Å²) in [7, 11) is 3.52. The lowest BCUT2D eigenvalue weighted by Gasteiger charge is -2.30. The number of ether oxygens (including phenoxy) is 1. The minimum absolute atomic E-state index is 0. The number of thiazole rings is 1. The van der Waals surface area contributed by atoms with E-state index >= 15 is 0 Å². The van der Waals surface area contributed by atoms with Gasteiger partial charge in [0.15, 0.2) is 5.96 Å². The predicted octanol–water partition coefficient (Wildman–Crippen LogP) is 3.61. The van der Waals surface area contributed by atoms with Gasteiger partial charge in [-0.15, -0.1) is 35.3 Å². The molecule has 0 aliphatic rings. The minimum Gasteiger partial charge on any atom is -0.379 e. The van der Waals surface area contributed by atoms with Gasteiger partial charge in [0.05, 0.1) is 18.3 Å². The van der Waals surface area contributed by atoms with Crippen molar-refractivity contribution < 1.29 is 4.74 Å². The second-order valence-electron chi connectivity index (χ2n) is 6.72. The van der Waals surface area contributed by atoms with Crippen LogP contribution in [0.3, 0.4) is 0 Å². The van der Waals surface area contributed by atoms with Crippen LogP contribution in [0.5, 0.6) is 0 Å². The number of aliphatic imine (C=N–C) groups is 1. The largest absolute Gasteiger partial charge is 0.379 e. The molecule has 1 unspecified atom stereocenters. The Hall–Kier alpha value is -0.410. The highest BCUT2D eigenvalue weighted by molar-refractivity contribution is 14.0. The molecule has 1 atom stereocenters. The van der Waals surface area contributed by atoms with Gasteiger partial charge in [-0.1, -0.05) is 34.6 Å². The molecule has 0 amide bonds. The van der Waals surface area contributed by atoms with Gasteiger partial charge in [-0.25, -0.2) is 4.98 Å². The lowest BCUT2D eigenvalue weighted by molar-refractivity contribution is 0.0205. The summed E-state index contributed by atoms with van der Waals surface area (Å²) in [5, 5.41) is 9.82. The Labute approximate surface area is 161 Å². The van der Waals surface area contributed by atoms with Crippen molar-refractivity contribution in [2.24, 2.45) is 10.4 Å². The standard InChI is InChI=1S/C16H30N4OS.HI/c1-11(2)12-10-22-14(20-12)9-19-15(17-6)18-8-13(21-7)16(3,4)5;/h10-11,13H,8-9H2,1-7H3,(H2,17,18,19);1H. The summed E-state index contributed by atoms with van der Waals surface area (Å²) in [6.45, 7) is 12.2. The van der Waals surface area contributed by atoms with E-state index in [9.17, 15) is 0 Å². The van der Waals surface area contributed by atoms with Crippen molar-refractivity contribution in [1.29, 1.82) is 0 Å². The van der Waals surface area contributed by atoms with Crippen molar-refractivity contribution in [2.75, 3.05) is 20.7 Å². The smallest absolute Gasteiger partial charge is 0.191 e. The Balaban J connectivity index is 0.00000484. The number of nitrogens with one attached hydrogen (secondary N) is 2. The molecule has 0 saturated carbocycles. The first-order valence-electron chi connectivity index (χ1n) is 7.69. The zero-order valence-corrected chi connectivity index (χ0v) is 18.4. The van der Waals surface area contributed by atoms with Crippen LogP contribution in [0.25, 0.3) is 0 Å². The fraction of sp³-hybridized carbons (Fsp3) is 0.750. The molecule has 1 aromatic heterocycles. The van der Waals surface area contributed by atoms with E-state index < -0.39 is 0 Å². The minimum atomic E-state index is 0. The van der Waals surface area contributed by atoms with E-state index in [1.54, 1.807) is 25.5 Å². The molecule has 5 nitrogen and oxygen atoms in total. The van der Waals surface area contributed by atoms with Gasteiger partial charge in [0.2, 0.25) is 0 Å². The molecule has 1 rings (SSSR count). The number of nitrogens with zero attached hydrogens (tertiary/aromatic N) is 2. The van der Waals surface area contributed by atoms with Crippen LogP contribution in [-0.2, 0) is 11.3 Å². The van der Waals surface area contributed by atoms with E-state index in [1.807, 2.05) is 0 Å². The van der Waals surface area contributed by atoms with Crippen molar-refractivity contribution in [3.8, 4) is 0 Å². The van der Waals surface area contributed by atoms with E-state index in [1.165, 1.54) is 0 Å². The van der Waals surface area contributed by atoms with E-state index in [0.29, 0.717) is 12.5 Å². The third-order valence-electron chi connectivity index (χ3n) is 3.50. The molecule has 0 aromatic carbocycles. The van der Waals surface area contributed by atoms with Crippen LogP contribution < -0.4 is 10.6 Å². The predicted molar refractivity (Wildman–Crippen MR) is 110 cm³/mol. The fourth-order valence-corrected chi connectivity index (χ4v) is 2.88. The van der Waals surface area contributed by atoms with Crippen LogP contribution in [0.4, 0.5) is 0 Å². The molecule has 1 heterocycles. The topological polar surface area (TPSA) is 58.5 Å². The van der Waals surface area contributed by atoms with Gasteiger partial charge in [0.1, 0.15) is 5.01 Å². The second kappa shape index (κ2) is 10.5. The molecule has 2 N–H and O–H groups in total. The zero-order valence-electron chi connectivity index (χ0n) is 15.3. The Morgan fingerprint density at radius 2 is 2.00 bits per heavy atom. The van der Waals surface area contributed by atoms with Gasteiger partial charge in [-0.2, -0.15) is 0 Å². The van der Waals surface area contributed by atoms with E-state index in [-0.39, 0.29) is 35.5 Å². The Kier molecular flexibility index (Phi) is 10.3. The summed E-state index contributed by atoms with van der Waals surface area (Å²) in [5.41, 5.74) is 1.24. The van der Waals surface area contributed by atoms with Crippen LogP contribution in [0.1, 0.15) is 51.2 Å². The summed E-state index contributed by atoms with van der Waals surface area (Å²) < 4.78 is 5.55. The average Bonchev–Trinajstić information content (AvgIpc) is 2.90. The van der Waals surface area contributed by atoms with Gasteiger partial charge >= 0.3 is 0 Å². The SMILES string of the molecule is CN=C(NCc1nc(C(C)C)cs1)NCC(OC)C(C)(C)C.I. The van der Waals surface area contributed by atoms with Gasteiger partial charge < -0.3 is 15.4 Å². The number of guanidine groups is 1. The molecule has 0 fully saturated rings. The molecule has 0 spiro atoms. The highest BCUT2D eigenvalue weighted by Gasteiger charge is 2.24. The first kappa shape index (κ1) is 22.6. The molecule has 134 valence electrons. The molecule has 0 aliphatic carbocycles. The maximum atomic E-state index is 5.55. The van der Waals surface area contributed by atoms with Crippen molar-refractivity contribution in [1.82, 2.24) is 15.6 Å². The average molecular weight is 454 g/mol. The first-order valence-corrected chi connectivity index (χ1v) is 8.57. The van der Waals surface area contributed by atoms with E-state index in [2.05, 4.69) is 60.6 Å². The van der Waals surface area contributed by atoms with Crippen LogP contribution >= 0.6 is 35.3 Å². The lowest BCUT2D eigenvalue weighted by Crippen LogP contribution is -2.45. The van der Waals surface area contributed by atoms with Crippen LogP contribution in [0.15, 0.2) is 10.4 Å². The van der Waals surface area contributed by atoms with Crippen LogP contribution in [0.2, 0.25) is 0 Å². The summed E-state index contributed by atoms with van der Waals surface area (Å²) >= 11 is 1.68. The third-order valence-corrected chi connectivity index (χ3v) is 4.36. The summed E-state index contributed by atoms with van der Waals surface area (Å²) in [6.07, 6.45) is 0.124. The fourth-order valence-electron chi connectivity index (χ4n) is 1.98. The van der Waals surface area contributed by atoms with Gasteiger partial charge in [-0.05, 0) is 11.3 Å². The zero-order chi connectivity index (χ0) is 16.8. The number of hydrogen-bond acceptors (Lipinski definition) is 4. The summed E-state index contributed by atoms with van der Waals surface area (Å²) in [5.74, 6) is 1.24. The molecular formula is C16H31IN4OS. The highest BCUT2D eigenvalue weighted by atomic mass is 127. The number of hydrogen-bond donors (Lipinski definition) is 2. The van der Waals surface area contributed by atoms with Crippen molar-refractivity contribution >= 4 is 41.3 Å². The molecule has 0 aliphatic heterocycles. The molecule has 0 bridgehead atoms. The van der Waals surface area contributed by atoms with E-state index in [4.69, 9.17) is 4.74 Å². The summed E-state index contributed by atoms with van der Waals surface area (Å²) in [4.78, 5) is 8.86. The molecule has 7 heteroatoms. The quantitative estimate of drug-likeness (QED) is 0.392. The van der Waals surface area contributed by atoms with Crippen molar-refractivity contribution in [3.05, 3.63) is 16.1 Å². The summed E-state index contributed by atoms with van der Waals surface area (Å²) in [6, 6.07) is 0. The number of methoxy groups -OCH3 is 1. The second-order valence-corrected chi connectivity index (χ2v) is 7.66. The van der Waals surface area contributed by atoms with Crippen molar-refractivity contribution in [3.63, 3.8) is 0 Å². The number of rotatable bonds is 6. The maximum absolute atomic E-state index is 5.55. The Bertz CT molecular complexity index is 483. The van der Waals surface area contributed by atoms with Gasteiger partial charge in [0, 0.05) is 26.1 Å². The first-order chi connectivity index (χ1) is 10.3. The molecule has 0 radical (unpaired) electrons. The lowest BCUT2D eigenvalue weighted by atomic mass is 9.89. The van der Waals surface area contributed by atoms with Crippen LogP contribution in [0, 0.1) is 5.41 Å².